The Balaban J connectivity index is 1.80. The molecule has 10 nitrogen and oxygen atoms in total. The van der Waals surface area contributed by atoms with Crippen LogP contribution in [-0.4, -0.2) is 61.2 Å². The van der Waals surface area contributed by atoms with Gasteiger partial charge in [-0.1, -0.05) is 12.1 Å². The highest BCUT2D eigenvalue weighted by molar-refractivity contribution is 6.17. The minimum Gasteiger partial charge on any atom is -0.490 e. The third-order valence-corrected chi connectivity index (χ3v) is 6.94. The summed E-state index contributed by atoms with van der Waals surface area (Å²) in [5, 5.41) is 5.33. The van der Waals surface area contributed by atoms with Crippen molar-refractivity contribution in [1.29, 1.82) is 0 Å². The quantitative estimate of drug-likeness (QED) is 0.286. The monoisotopic (exact) mass is 591 g/mol. The zero-order valence-corrected chi connectivity index (χ0v) is 26.0. The molecule has 0 aliphatic carbocycles. The summed E-state index contributed by atoms with van der Waals surface area (Å²) >= 11 is 0. The van der Waals surface area contributed by atoms with Crippen LogP contribution >= 0.6 is 0 Å². The second-order valence-corrected chi connectivity index (χ2v) is 11.6. The van der Waals surface area contributed by atoms with E-state index in [4.69, 9.17) is 23.9 Å². The van der Waals surface area contributed by atoms with Gasteiger partial charge in [-0.25, -0.2) is 9.59 Å². The summed E-state index contributed by atoms with van der Waals surface area (Å²) in [6.45, 7) is 14.4. The number of ether oxygens (including phenoxy) is 4. The summed E-state index contributed by atoms with van der Waals surface area (Å²) in [5.41, 5.74) is 4.92. The van der Waals surface area contributed by atoms with Crippen LogP contribution in [0.3, 0.4) is 0 Å². The van der Waals surface area contributed by atoms with Crippen LogP contribution in [0.2, 0.25) is 0 Å². The molecule has 2 aromatic rings. The van der Waals surface area contributed by atoms with E-state index < -0.39 is 29.1 Å². The Labute approximate surface area is 252 Å². The number of nitrogens with zero attached hydrogens (tertiary/aromatic N) is 1. The fraction of sp³-hybridized carbons (Fsp3) is 0.455. The van der Waals surface area contributed by atoms with E-state index in [1.54, 1.807) is 19.9 Å². The minimum atomic E-state index is -0.598. The Morgan fingerprint density at radius 2 is 1.74 bits per heavy atom. The third kappa shape index (κ3) is 7.55. The first kappa shape index (κ1) is 31.6. The number of nitrogens with one attached hydrogen (secondary N) is 2. The highest BCUT2D eigenvalue weighted by atomic mass is 16.5. The molecule has 0 bridgehead atoms. The van der Waals surface area contributed by atoms with Crippen LogP contribution in [0.15, 0.2) is 35.3 Å². The average Bonchev–Trinajstić information content (AvgIpc) is 3.26. The number of anilines is 1. The van der Waals surface area contributed by atoms with Gasteiger partial charge >= 0.3 is 18.0 Å². The minimum absolute atomic E-state index is 0.213. The zero-order valence-electron chi connectivity index (χ0n) is 26.0. The van der Waals surface area contributed by atoms with Crippen molar-refractivity contribution in [2.45, 2.75) is 72.4 Å². The zero-order chi connectivity index (χ0) is 31.4. The van der Waals surface area contributed by atoms with Gasteiger partial charge in [-0.3, -0.25) is 9.79 Å². The van der Waals surface area contributed by atoms with Crippen molar-refractivity contribution in [3.8, 4) is 11.5 Å². The number of benzene rings is 2. The largest absolute Gasteiger partial charge is 0.490 e. The molecule has 43 heavy (non-hydrogen) atoms. The van der Waals surface area contributed by atoms with Crippen molar-refractivity contribution in [2.75, 3.05) is 31.7 Å². The van der Waals surface area contributed by atoms with Gasteiger partial charge in [0.15, 0.2) is 11.5 Å². The molecule has 10 heteroatoms. The van der Waals surface area contributed by atoms with Crippen LogP contribution in [0.1, 0.15) is 76.3 Å². The van der Waals surface area contributed by atoms with E-state index in [9.17, 15) is 14.4 Å². The molecule has 0 atom stereocenters. The van der Waals surface area contributed by atoms with Crippen LogP contribution in [0, 0.1) is 0 Å². The smallest absolute Gasteiger partial charge is 0.330 e. The first-order valence-corrected chi connectivity index (χ1v) is 14.7. The molecule has 0 aromatic heterocycles. The fourth-order valence-electron chi connectivity index (χ4n) is 5.38. The van der Waals surface area contributed by atoms with Gasteiger partial charge < -0.3 is 29.6 Å². The molecule has 2 aliphatic heterocycles. The lowest BCUT2D eigenvalue weighted by molar-refractivity contribution is -0.141. The van der Waals surface area contributed by atoms with Gasteiger partial charge in [0.2, 0.25) is 0 Å². The van der Waals surface area contributed by atoms with Crippen molar-refractivity contribution >= 4 is 35.4 Å². The summed E-state index contributed by atoms with van der Waals surface area (Å²) in [6.07, 6.45) is 4.29. The highest BCUT2D eigenvalue weighted by Gasteiger charge is 2.39. The molecule has 2 aliphatic rings. The molecule has 0 radical (unpaired) electrons. The van der Waals surface area contributed by atoms with Crippen LogP contribution < -0.4 is 20.1 Å². The van der Waals surface area contributed by atoms with Gasteiger partial charge in [-0.2, -0.15) is 0 Å². The van der Waals surface area contributed by atoms with E-state index in [-0.39, 0.29) is 19.8 Å². The molecule has 2 N–H and O–H groups in total. The number of carbonyl (C=O) groups is 3. The molecular weight excluding hydrogens is 550 g/mol. The predicted octanol–water partition coefficient (Wildman–Crippen LogP) is 5.23. The van der Waals surface area contributed by atoms with Crippen molar-refractivity contribution in [2.24, 2.45) is 4.99 Å². The lowest BCUT2D eigenvalue weighted by Gasteiger charge is -2.31. The second kappa shape index (κ2) is 12.9. The molecule has 0 spiro atoms. The van der Waals surface area contributed by atoms with E-state index in [0.29, 0.717) is 24.3 Å². The number of fused-ring (bicyclic) bond motifs is 3. The Kier molecular flexibility index (Phi) is 9.47. The van der Waals surface area contributed by atoms with Crippen LogP contribution in [-0.2, 0) is 31.9 Å². The van der Waals surface area contributed by atoms with E-state index in [2.05, 4.69) is 44.4 Å². The Bertz CT molecular complexity index is 1470. The van der Waals surface area contributed by atoms with E-state index in [0.717, 1.165) is 45.9 Å². The van der Waals surface area contributed by atoms with Crippen molar-refractivity contribution < 1.29 is 33.3 Å². The lowest BCUT2D eigenvalue weighted by Crippen LogP contribution is -2.34. The number of rotatable bonds is 10. The number of hydrogen-bond donors (Lipinski definition) is 2. The molecule has 230 valence electrons. The van der Waals surface area contributed by atoms with Gasteiger partial charge in [-0.15, -0.1) is 0 Å². The molecule has 4 rings (SSSR count). The number of esters is 2. The number of hydrogen-bond acceptors (Lipinski definition) is 8. The predicted molar refractivity (Wildman–Crippen MR) is 165 cm³/mol. The Hall–Kier alpha value is -4.34. The van der Waals surface area contributed by atoms with E-state index in [1.807, 2.05) is 25.1 Å². The topological polar surface area (TPSA) is 125 Å². The molecule has 0 unspecified atom stereocenters. The lowest BCUT2D eigenvalue weighted by atomic mass is 9.80. The summed E-state index contributed by atoms with van der Waals surface area (Å²) in [7, 11) is 0. The summed E-state index contributed by atoms with van der Waals surface area (Å²) in [6, 6.07) is 7.02. The molecule has 0 saturated heterocycles. The third-order valence-electron chi connectivity index (χ3n) is 6.94. The van der Waals surface area contributed by atoms with Crippen molar-refractivity contribution in [1.82, 2.24) is 5.32 Å². The molecule has 0 fully saturated rings. The SMILES string of the molecule is CCOC(=O)/C=C/c1ccc(C2=NC(C)(C)Cc3cc(OCC)c4c(c32)CC(C)(C)O4)cc1NC(=O)NCC(=O)OCC. The molecule has 2 heterocycles. The molecule has 2 amide bonds. The van der Waals surface area contributed by atoms with Gasteiger partial charge in [-0.05, 0) is 84.2 Å². The van der Waals surface area contributed by atoms with Crippen LogP contribution in [0.25, 0.3) is 6.08 Å². The maximum absolute atomic E-state index is 12.8. The summed E-state index contributed by atoms with van der Waals surface area (Å²) in [4.78, 5) is 41.8. The summed E-state index contributed by atoms with van der Waals surface area (Å²) in [5.74, 6) is 0.428. The van der Waals surface area contributed by atoms with E-state index in [1.165, 1.54) is 6.08 Å². The average molecular weight is 592 g/mol. The summed E-state index contributed by atoms with van der Waals surface area (Å²) < 4.78 is 22.3. The first-order chi connectivity index (χ1) is 20.4. The maximum atomic E-state index is 12.8. The maximum Gasteiger partial charge on any atom is 0.330 e. The van der Waals surface area contributed by atoms with Gasteiger partial charge in [0.05, 0.1) is 36.8 Å². The Morgan fingerprint density at radius 1 is 1.00 bits per heavy atom. The number of urea groups is 1. The number of amides is 2. The standard InChI is InChI=1S/C33H41N3O7/c1-8-40-25-16-22-17-32(4,5)36-29(28(22)23-18-33(6,7)43-30(23)25)21-12-11-20(13-14-26(37)41-9-2)24(15-21)35-31(39)34-19-27(38)42-10-3/h11-16H,8-10,17-19H2,1-7H3,(H2,34,35,39)/b14-13+. The highest BCUT2D eigenvalue weighted by Crippen LogP contribution is 2.48. The normalized spacial score (nSPS) is 15.9. The number of carbonyl (C=O) groups excluding carboxylic acids is 3. The van der Waals surface area contributed by atoms with E-state index >= 15 is 0 Å². The van der Waals surface area contributed by atoms with Gasteiger partial charge in [0.25, 0.3) is 0 Å². The molecule has 0 saturated carbocycles. The van der Waals surface area contributed by atoms with Gasteiger partial charge in [0.1, 0.15) is 12.1 Å². The van der Waals surface area contributed by atoms with Crippen molar-refractivity contribution in [3.63, 3.8) is 0 Å². The second-order valence-electron chi connectivity index (χ2n) is 11.6. The molecule has 2 aromatic carbocycles. The Morgan fingerprint density at radius 3 is 2.44 bits per heavy atom. The van der Waals surface area contributed by atoms with Crippen molar-refractivity contribution in [3.05, 3.63) is 58.2 Å². The molecular formula is C33H41N3O7. The fourth-order valence-corrected chi connectivity index (χ4v) is 5.38. The number of aliphatic imine (C=N–C) groups is 1. The van der Waals surface area contributed by atoms with Crippen LogP contribution in [0.5, 0.6) is 11.5 Å². The first-order valence-electron chi connectivity index (χ1n) is 14.7. The van der Waals surface area contributed by atoms with Gasteiger partial charge in [0, 0.05) is 29.2 Å². The van der Waals surface area contributed by atoms with Crippen LogP contribution in [0.4, 0.5) is 10.5 Å².